The molecule has 1 aromatic carbocycles. The summed E-state index contributed by atoms with van der Waals surface area (Å²) in [6.45, 7) is 0.992. The van der Waals surface area contributed by atoms with E-state index in [9.17, 15) is 0 Å². The van der Waals surface area contributed by atoms with E-state index < -0.39 is 0 Å². The van der Waals surface area contributed by atoms with Crippen molar-refractivity contribution in [1.82, 2.24) is 10.3 Å². The first-order chi connectivity index (χ1) is 8.31. The molecule has 0 unspecified atom stereocenters. The summed E-state index contributed by atoms with van der Waals surface area (Å²) in [7, 11) is 1.95. The summed E-state index contributed by atoms with van der Waals surface area (Å²) in [6.07, 6.45) is 7.02. The normalized spacial score (nSPS) is 11.4. The number of aromatic nitrogens is 1. The van der Waals surface area contributed by atoms with Gasteiger partial charge in [-0.05, 0) is 43.8 Å². The number of rotatable bonds is 4. The molecule has 0 aliphatic heterocycles. The Kier molecular flexibility index (Phi) is 4.13. The Balaban J connectivity index is 2.25. The predicted molar refractivity (Wildman–Crippen MR) is 74.3 cm³/mol. The molecule has 2 rings (SSSR count). The number of fused-ring (bicyclic) bond motifs is 1. The van der Waals surface area contributed by atoms with Crippen LogP contribution >= 0.6 is 11.6 Å². The van der Waals surface area contributed by atoms with E-state index in [4.69, 9.17) is 11.6 Å². The molecule has 17 heavy (non-hydrogen) atoms. The van der Waals surface area contributed by atoms with Gasteiger partial charge in [0.2, 0.25) is 0 Å². The Hall–Kier alpha value is -1.38. The highest BCUT2D eigenvalue weighted by Crippen LogP contribution is 2.22. The molecule has 0 radical (unpaired) electrons. The number of halogens is 1. The van der Waals surface area contributed by atoms with Crippen molar-refractivity contribution < 1.29 is 0 Å². The monoisotopic (exact) mass is 246 g/mol. The quantitative estimate of drug-likeness (QED) is 0.835. The van der Waals surface area contributed by atoms with E-state index in [1.54, 1.807) is 6.20 Å². The van der Waals surface area contributed by atoms with Crippen LogP contribution in [0, 0.1) is 0 Å². The predicted octanol–water partition coefficient (Wildman–Crippen LogP) is 3.51. The minimum atomic E-state index is 0.750. The van der Waals surface area contributed by atoms with Crippen LogP contribution < -0.4 is 5.32 Å². The topological polar surface area (TPSA) is 24.9 Å². The van der Waals surface area contributed by atoms with E-state index in [0.29, 0.717) is 0 Å². The molecule has 0 fully saturated rings. The van der Waals surface area contributed by atoms with Crippen molar-refractivity contribution in [2.45, 2.75) is 6.42 Å². The number of nitrogens with one attached hydrogen (secondary N) is 1. The van der Waals surface area contributed by atoms with Crippen molar-refractivity contribution in [1.29, 1.82) is 0 Å². The largest absolute Gasteiger partial charge is 0.319 e. The molecular formula is C14H15ClN2. The average molecular weight is 247 g/mol. The molecule has 0 saturated carbocycles. The van der Waals surface area contributed by atoms with Crippen molar-refractivity contribution in [2.75, 3.05) is 13.6 Å². The van der Waals surface area contributed by atoms with E-state index in [2.05, 4.69) is 34.6 Å². The second-order valence-electron chi connectivity index (χ2n) is 3.86. The fourth-order valence-electron chi connectivity index (χ4n) is 1.68. The van der Waals surface area contributed by atoms with Gasteiger partial charge < -0.3 is 5.32 Å². The maximum absolute atomic E-state index is 6.14. The Bertz CT molecular complexity index is 535. The van der Waals surface area contributed by atoms with Crippen LogP contribution in [0.15, 0.2) is 36.5 Å². The molecule has 88 valence electrons. The lowest BCUT2D eigenvalue weighted by Crippen LogP contribution is -2.05. The highest BCUT2D eigenvalue weighted by Gasteiger charge is 1.99. The molecule has 0 saturated heterocycles. The molecule has 0 atom stereocenters. The molecular weight excluding hydrogens is 232 g/mol. The fourth-order valence-corrected chi connectivity index (χ4v) is 1.89. The summed E-state index contributed by atoms with van der Waals surface area (Å²) >= 11 is 6.14. The summed E-state index contributed by atoms with van der Waals surface area (Å²) in [5.41, 5.74) is 2.09. The zero-order valence-electron chi connectivity index (χ0n) is 9.78. The van der Waals surface area contributed by atoms with Crippen LogP contribution in [0.2, 0.25) is 5.02 Å². The van der Waals surface area contributed by atoms with Crippen LogP contribution in [-0.4, -0.2) is 18.6 Å². The van der Waals surface area contributed by atoms with Crippen molar-refractivity contribution >= 4 is 28.6 Å². The highest BCUT2D eigenvalue weighted by atomic mass is 35.5. The number of benzene rings is 1. The second-order valence-corrected chi connectivity index (χ2v) is 4.27. The lowest BCUT2D eigenvalue weighted by molar-refractivity contribution is 0.809. The Morgan fingerprint density at radius 1 is 1.35 bits per heavy atom. The van der Waals surface area contributed by atoms with Gasteiger partial charge in [0, 0.05) is 11.6 Å². The molecule has 0 spiro atoms. The molecule has 1 heterocycles. The number of pyridine rings is 1. The summed E-state index contributed by atoms with van der Waals surface area (Å²) in [6, 6.07) is 7.94. The van der Waals surface area contributed by atoms with Gasteiger partial charge in [-0.25, -0.2) is 0 Å². The number of nitrogens with zero attached hydrogens (tertiary/aromatic N) is 1. The van der Waals surface area contributed by atoms with Crippen molar-refractivity contribution in [2.24, 2.45) is 0 Å². The maximum Gasteiger partial charge on any atom is 0.0717 e. The molecule has 1 N–H and O–H groups in total. The van der Waals surface area contributed by atoms with Crippen molar-refractivity contribution in [3.63, 3.8) is 0 Å². The second kappa shape index (κ2) is 5.80. The smallest absolute Gasteiger partial charge is 0.0717 e. The first-order valence-corrected chi connectivity index (χ1v) is 6.04. The van der Waals surface area contributed by atoms with E-state index in [1.807, 2.05) is 19.2 Å². The minimum absolute atomic E-state index is 0.750. The molecule has 2 nitrogen and oxygen atoms in total. The van der Waals surface area contributed by atoms with Gasteiger partial charge in [-0.1, -0.05) is 29.8 Å². The molecule has 2 aromatic rings. The molecule has 3 heteroatoms. The minimum Gasteiger partial charge on any atom is -0.319 e. The third-order valence-corrected chi connectivity index (χ3v) is 2.91. The van der Waals surface area contributed by atoms with Crippen LogP contribution in [0.5, 0.6) is 0 Å². The summed E-state index contributed by atoms with van der Waals surface area (Å²) in [4.78, 5) is 4.27. The summed E-state index contributed by atoms with van der Waals surface area (Å²) in [5, 5.41) is 4.87. The highest BCUT2D eigenvalue weighted by molar-refractivity contribution is 6.35. The maximum atomic E-state index is 6.14. The van der Waals surface area contributed by atoms with Gasteiger partial charge in [-0.15, -0.1) is 0 Å². The van der Waals surface area contributed by atoms with Crippen molar-refractivity contribution in [3.05, 3.63) is 47.1 Å². The Morgan fingerprint density at radius 3 is 3.06 bits per heavy atom. The number of hydrogen-bond donors (Lipinski definition) is 1. The fraction of sp³-hybridized carbons (Fsp3) is 0.214. The van der Waals surface area contributed by atoms with Gasteiger partial charge >= 0.3 is 0 Å². The molecule has 0 aliphatic rings. The van der Waals surface area contributed by atoms with Gasteiger partial charge in [-0.3, -0.25) is 4.98 Å². The molecule has 1 aromatic heterocycles. The summed E-state index contributed by atoms with van der Waals surface area (Å²) < 4.78 is 0. The molecule has 0 aliphatic carbocycles. The standard InChI is InChI=1S/C14H15ClN2/c1-16-8-3-2-4-11-5-6-14-12(10-11)13(15)7-9-17-14/h2,4-7,9-10,16H,3,8H2,1H3. The third-order valence-electron chi connectivity index (χ3n) is 2.58. The zero-order valence-corrected chi connectivity index (χ0v) is 10.5. The van der Waals surface area contributed by atoms with E-state index in [-0.39, 0.29) is 0 Å². The van der Waals surface area contributed by atoms with Crippen LogP contribution in [0.3, 0.4) is 0 Å². The third kappa shape index (κ3) is 3.05. The zero-order chi connectivity index (χ0) is 12.1. The summed E-state index contributed by atoms with van der Waals surface area (Å²) in [5.74, 6) is 0. The Morgan fingerprint density at radius 2 is 2.24 bits per heavy atom. The molecule has 0 bridgehead atoms. The van der Waals surface area contributed by atoms with Gasteiger partial charge in [0.25, 0.3) is 0 Å². The van der Waals surface area contributed by atoms with Gasteiger partial charge in [0.05, 0.1) is 10.5 Å². The first-order valence-electron chi connectivity index (χ1n) is 5.66. The molecule has 0 amide bonds. The van der Waals surface area contributed by atoms with E-state index in [1.165, 1.54) is 0 Å². The van der Waals surface area contributed by atoms with Crippen molar-refractivity contribution in [3.8, 4) is 0 Å². The lowest BCUT2D eigenvalue weighted by Gasteiger charge is -2.01. The average Bonchev–Trinajstić information content (AvgIpc) is 2.36. The van der Waals surface area contributed by atoms with Crippen LogP contribution in [-0.2, 0) is 0 Å². The first kappa shape index (κ1) is 12.1. The SMILES string of the molecule is CNCCC=Cc1ccc2nccc(Cl)c2c1. The van der Waals surface area contributed by atoms with Gasteiger partial charge in [-0.2, -0.15) is 0 Å². The lowest BCUT2D eigenvalue weighted by atomic mass is 10.1. The van der Waals surface area contributed by atoms with Crippen LogP contribution in [0.25, 0.3) is 17.0 Å². The van der Waals surface area contributed by atoms with Gasteiger partial charge in [0.1, 0.15) is 0 Å². The Labute approximate surface area is 106 Å². The van der Waals surface area contributed by atoms with Crippen LogP contribution in [0.4, 0.5) is 0 Å². The number of hydrogen-bond acceptors (Lipinski definition) is 2. The van der Waals surface area contributed by atoms with E-state index in [0.717, 1.165) is 34.5 Å². The van der Waals surface area contributed by atoms with Crippen LogP contribution in [0.1, 0.15) is 12.0 Å². The van der Waals surface area contributed by atoms with Gasteiger partial charge in [0.15, 0.2) is 0 Å². The van der Waals surface area contributed by atoms with E-state index >= 15 is 0 Å².